The number of hydrogen-bond acceptors (Lipinski definition) is 2. The lowest BCUT2D eigenvalue weighted by Gasteiger charge is -2.16. The number of rotatable bonds is 6. The summed E-state index contributed by atoms with van der Waals surface area (Å²) in [6.45, 7) is 3.68. The first-order valence-electron chi connectivity index (χ1n) is 6.75. The highest BCUT2D eigenvalue weighted by molar-refractivity contribution is 9.10. The molecular weight excluding hydrogens is 314 g/mol. The van der Waals surface area contributed by atoms with Crippen LogP contribution in [0.15, 0.2) is 53.0 Å². The molecule has 2 aromatic carbocycles. The van der Waals surface area contributed by atoms with Crippen molar-refractivity contribution in [3.05, 3.63) is 69.7 Å². The fourth-order valence-electron chi connectivity index (χ4n) is 2.16. The Hall–Kier alpha value is -1.16. The largest absolute Gasteiger partial charge is 0.380 e. The molecule has 0 aromatic heterocycles. The third-order valence-electron chi connectivity index (χ3n) is 3.39. The number of benzene rings is 2. The Labute approximate surface area is 129 Å². The molecule has 0 aliphatic carbocycles. The fourth-order valence-corrected chi connectivity index (χ4v) is 2.42. The SMILES string of the molecule is COCc1ccccc1CNC(C)c1ccc(Br)cc1. The lowest BCUT2D eigenvalue weighted by atomic mass is 10.1. The average Bonchev–Trinajstić information content (AvgIpc) is 2.47. The molecule has 0 bridgehead atoms. The molecule has 2 aromatic rings. The summed E-state index contributed by atoms with van der Waals surface area (Å²) in [5.41, 5.74) is 3.82. The molecule has 0 amide bonds. The van der Waals surface area contributed by atoms with E-state index in [-0.39, 0.29) is 0 Å². The standard InChI is InChI=1S/C17H20BrNO/c1-13(14-7-9-17(18)10-8-14)19-11-15-5-3-4-6-16(15)12-20-2/h3-10,13,19H,11-12H2,1-2H3. The van der Waals surface area contributed by atoms with Gasteiger partial charge in [-0.25, -0.2) is 0 Å². The van der Waals surface area contributed by atoms with Crippen LogP contribution in [0.1, 0.15) is 29.7 Å². The zero-order chi connectivity index (χ0) is 14.4. The van der Waals surface area contributed by atoms with Crippen LogP contribution in [0, 0.1) is 0 Å². The molecular formula is C17H20BrNO. The predicted octanol–water partition coefficient (Wildman–Crippen LogP) is 4.45. The van der Waals surface area contributed by atoms with Crippen LogP contribution in [0.2, 0.25) is 0 Å². The molecule has 0 aliphatic heterocycles. The van der Waals surface area contributed by atoms with Crippen LogP contribution in [0.5, 0.6) is 0 Å². The summed E-state index contributed by atoms with van der Waals surface area (Å²) in [5, 5.41) is 3.56. The Morgan fingerprint density at radius 1 is 1.05 bits per heavy atom. The normalized spacial score (nSPS) is 12.3. The van der Waals surface area contributed by atoms with Crippen molar-refractivity contribution < 1.29 is 4.74 Å². The van der Waals surface area contributed by atoms with E-state index in [2.05, 4.69) is 76.7 Å². The van der Waals surface area contributed by atoms with Gasteiger partial charge in [0.2, 0.25) is 0 Å². The van der Waals surface area contributed by atoms with Crippen LogP contribution in [0.4, 0.5) is 0 Å². The maximum Gasteiger partial charge on any atom is 0.0716 e. The monoisotopic (exact) mass is 333 g/mol. The molecule has 0 saturated carbocycles. The molecule has 2 rings (SSSR count). The van der Waals surface area contributed by atoms with Gasteiger partial charge in [0, 0.05) is 24.2 Å². The van der Waals surface area contributed by atoms with E-state index in [1.54, 1.807) is 7.11 Å². The van der Waals surface area contributed by atoms with Gasteiger partial charge in [0.25, 0.3) is 0 Å². The molecule has 1 N–H and O–H groups in total. The number of halogens is 1. The first-order valence-corrected chi connectivity index (χ1v) is 7.54. The summed E-state index contributed by atoms with van der Waals surface area (Å²) in [6.07, 6.45) is 0. The van der Waals surface area contributed by atoms with Gasteiger partial charge >= 0.3 is 0 Å². The first kappa shape index (κ1) is 15.2. The van der Waals surface area contributed by atoms with Crippen molar-refractivity contribution in [2.24, 2.45) is 0 Å². The molecule has 1 atom stereocenters. The second-order valence-corrected chi connectivity index (χ2v) is 5.77. The summed E-state index contributed by atoms with van der Waals surface area (Å²) in [6, 6.07) is 17.1. The number of ether oxygens (including phenoxy) is 1. The van der Waals surface area contributed by atoms with Crippen molar-refractivity contribution in [1.29, 1.82) is 0 Å². The topological polar surface area (TPSA) is 21.3 Å². The zero-order valence-corrected chi connectivity index (χ0v) is 13.5. The molecule has 0 spiro atoms. The van der Waals surface area contributed by atoms with Gasteiger partial charge in [-0.2, -0.15) is 0 Å². The van der Waals surface area contributed by atoms with Crippen LogP contribution in [-0.4, -0.2) is 7.11 Å². The van der Waals surface area contributed by atoms with Crippen molar-refractivity contribution in [1.82, 2.24) is 5.32 Å². The van der Waals surface area contributed by atoms with E-state index in [0.29, 0.717) is 12.6 Å². The minimum absolute atomic E-state index is 0.318. The van der Waals surface area contributed by atoms with Crippen LogP contribution < -0.4 is 5.32 Å². The molecule has 0 saturated heterocycles. The Kier molecular flexibility index (Phi) is 5.77. The second-order valence-electron chi connectivity index (χ2n) is 4.86. The Morgan fingerprint density at radius 2 is 1.70 bits per heavy atom. The lowest BCUT2D eigenvalue weighted by Crippen LogP contribution is -2.19. The van der Waals surface area contributed by atoms with E-state index in [0.717, 1.165) is 11.0 Å². The summed E-state index contributed by atoms with van der Waals surface area (Å²) in [7, 11) is 1.73. The van der Waals surface area contributed by atoms with Crippen molar-refractivity contribution in [2.75, 3.05) is 7.11 Å². The van der Waals surface area contributed by atoms with Gasteiger partial charge in [-0.3, -0.25) is 0 Å². The molecule has 20 heavy (non-hydrogen) atoms. The van der Waals surface area contributed by atoms with Crippen LogP contribution in [-0.2, 0) is 17.9 Å². The van der Waals surface area contributed by atoms with E-state index in [1.165, 1.54) is 16.7 Å². The fraction of sp³-hybridized carbons (Fsp3) is 0.294. The summed E-state index contributed by atoms with van der Waals surface area (Å²) < 4.78 is 6.35. The summed E-state index contributed by atoms with van der Waals surface area (Å²) in [5.74, 6) is 0. The van der Waals surface area contributed by atoms with Crippen molar-refractivity contribution in [2.45, 2.75) is 26.1 Å². The highest BCUT2D eigenvalue weighted by Gasteiger charge is 2.06. The molecule has 0 radical (unpaired) electrons. The number of nitrogens with one attached hydrogen (secondary N) is 1. The third-order valence-corrected chi connectivity index (χ3v) is 3.92. The minimum atomic E-state index is 0.318. The molecule has 0 heterocycles. The van der Waals surface area contributed by atoms with Gasteiger partial charge in [-0.05, 0) is 35.7 Å². The highest BCUT2D eigenvalue weighted by Crippen LogP contribution is 2.18. The van der Waals surface area contributed by atoms with Gasteiger partial charge in [-0.1, -0.05) is 52.3 Å². The second kappa shape index (κ2) is 7.58. The maximum atomic E-state index is 5.24. The minimum Gasteiger partial charge on any atom is -0.380 e. The molecule has 0 aliphatic rings. The van der Waals surface area contributed by atoms with Gasteiger partial charge in [-0.15, -0.1) is 0 Å². The van der Waals surface area contributed by atoms with E-state index >= 15 is 0 Å². The molecule has 2 nitrogen and oxygen atoms in total. The number of methoxy groups -OCH3 is 1. The van der Waals surface area contributed by atoms with Crippen LogP contribution in [0.25, 0.3) is 0 Å². The maximum absolute atomic E-state index is 5.24. The summed E-state index contributed by atoms with van der Waals surface area (Å²) >= 11 is 3.46. The Bertz CT molecular complexity index is 539. The smallest absolute Gasteiger partial charge is 0.0716 e. The molecule has 1 unspecified atom stereocenters. The quantitative estimate of drug-likeness (QED) is 0.843. The van der Waals surface area contributed by atoms with E-state index < -0.39 is 0 Å². The molecule has 0 fully saturated rings. The van der Waals surface area contributed by atoms with Crippen LogP contribution in [0.3, 0.4) is 0 Å². The van der Waals surface area contributed by atoms with Gasteiger partial charge in [0.05, 0.1) is 6.61 Å². The van der Waals surface area contributed by atoms with Gasteiger partial charge < -0.3 is 10.1 Å². The predicted molar refractivity (Wildman–Crippen MR) is 86.6 cm³/mol. The lowest BCUT2D eigenvalue weighted by molar-refractivity contribution is 0.184. The van der Waals surface area contributed by atoms with E-state index in [9.17, 15) is 0 Å². The zero-order valence-electron chi connectivity index (χ0n) is 11.9. The average molecular weight is 334 g/mol. The Morgan fingerprint density at radius 3 is 2.35 bits per heavy atom. The molecule has 3 heteroatoms. The molecule has 106 valence electrons. The van der Waals surface area contributed by atoms with Crippen molar-refractivity contribution in [3.8, 4) is 0 Å². The van der Waals surface area contributed by atoms with Gasteiger partial charge in [0.15, 0.2) is 0 Å². The first-order chi connectivity index (χ1) is 9.70. The van der Waals surface area contributed by atoms with Crippen molar-refractivity contribution >= 4 is 15.9 Å². The number of hydrogen-bond donors (Lipinski definition) is 1. The van der Waals surface area contributed by atoms with Crippen molar-refractivity contribution in [3.63, 3.8) is 0 Å². The van der Waals surface area contributed by atoms with E-state index in [4.69, 9.17) is 4.74 Å². The Balaban J connectivity index is 1.99. The van der Waals surface area contributed by atoms with E-state index in [1.807, 2.05) is 0 Å². The highest BCUT2D eigenvalue weighted by atomic mass is 79.9. The van der Waals surface area contributed by atoms with Crippen LogP contribution >= 0.6 is 15.9 Å². The van der Waals surface area contributed by atoms with Gasteiger partial charge in [0.1, 0.15) is 0 Å². The third kappa shape index (κ3) is 4.17. The summed E-state index contributed by atoms with van der Waals surface area (Å²) in [4.78, 5) is 0.